The molecule has 0 spiro atoms. The molecule has 0 radical (unpaired) electrons. The molecular formula is C15H16N4O2S. The van der Waals surface area contributed by atoms with Gasteiger partial charge in [-0.2, -0.15) is 0 Å². The van der Waals surface area contributed by atoms with E-state index >= 15 is 0 Å². The SMILES string of the molecule is Cc1nnc(NC(=O)[C@H]2CC(=O)N(c3ccccc3C)C2)s1. The molecule has 114 valence electrons. The van der Waals surface area contributed by atoms with Crippen molar-refractivity contribution in [1.29, 1.82) is 0 Å². The number of carbonyl (C=O) groups excluding carboxylic acids is 2. The number of hydrogen-bond acceptors (Lipinski definition) is 5. The molecule has 1 N–H and O–H groups in total. The quantitative estimate of drug-likeness (QED) is 0.941. The van der Waals surface area contributed by atoms with Gasteiger partial charge in [-0.25, -0.2) is 0 Å². The molecule has 0 unspecified atom stereocenters. The van der Waals surface area contributed by atoms with Gasteiger partial charge in [-0.15, -0.1) is 10.2 Å². The van der Waals surface area contributed by atoms with E-state index in [9.17, 15) is 9.59 Å². The van der Waals surface area contributed by atoms with E-state index < -0.39 is 0 Å². The molecule has 0 aliphatic carbocycles. The summed E-state index contributed by atoms with van der Waals surface area (Å²) in [5.41, 5.74) is 1.89. The minimum atomic E-state index is -0.365. The Hall–Kier alpha value is -2.28. The van der Waals surface area contributed by atoms with E-state index in [0.29, 0.717) is 11.7 Å². The summed E-state index contributed by atoms with van der Waals surface area (Å²) in [5.74, 6) is -0.570. The number of amides is 2. The largest absolute Gasteiger partial charge is 0.311 e. The van der Waals surface area contributed by atoms with Gasteiger partial charge >= 0.3 is 0 Å². The van der Waals surface area contributed by atoms with Crippen LogP contribution < -0.4 is 10.2 Å². The number of rotatable bonds is 3. The molecule has 1 aliphatic heterocycles. The highest BCUT2D eigenvalue weighted by atomic mass is 32.1. The lowest BCUT2D eigenvalue weighted by molar-refractivity contribution is -0.122. The molecular weight excluding hydrogens is 300 g/mol. The number of para-hydroxylation sites is 1. The molecule has 0 saturated carbocycles. The maximum Gasteiger partial charge on any atom is 0.231 e. The monoisotopic (exact) mass is 316 g/mol. The van der Waals surface area contributed by atoms with Crippen LogP contribution in [0.5, 0.6) is 0 Å². The Labute approximate surface area is 132 Å². The molecule has 7 heteroatoms. The van der Waals surface area contributed by atoms with E-state index in [4.69, 9.17) is 0 Å². The Morgan fingerprint density at radius 1 is 1.32 bits per heavy atom. The number of nitrogens with one attached hydrogen (secondary N) is 1. The Morgan fingerprint density at radius 2 is 2.09 bits per heavy atom. The van der Waals surface area contributed by atoms with Crippen molar-refractivity contribution < 1.29 is 9.59 Å². The van der Waals surface area contributed by atoms with Crippen molar-refractivity contribution in [3.63, 3.8) is 0 Å². The average molecular weight is 316 g/mol. The van der Waals surface area contributed by atoms with Crippen LogP contribution in [0.4, 0.5) is 10.8 Å². The zero-order valence-corrected chi connectivity index (χ0v) is 13.2. The molecule has 1 saturated heterocycles. The summed E-state index contributed by atoms with van der Waals surface area (Å²) in [6, 6.07) is 7.69. The van der Waals surface area contributed by atoms with Crippen LogP contribution in [0.15, 0.2) is 24.3 Å². The second-order valence-electron chi connectivity index (χ2n) is 5.31. The lowest BCUT2D eigenvalue weighted by Crippen LogP contribution is -2.28. The van der Waals surface area contributed by atoms with Crippen LogP contribution in [0, 0.1) is 19.8 Å². The number of anilines is 2. The molecule has 22 heavy (non-hydrogen) atoms. The number of hydrogen-bond donors (Lipinski definition) is 1. The van der Waals surface area contributed by atoms with Gasteiger partial charge in [0.1, 0.15) is 5.01 Å². The van der Waals surface area contributed by atoms with Crippen LogP contribution in [-0.2, 0) is 9.59 Å². The number of carbonyl (C=O) groups is 2. The summed E-state index contributed by atoms with van der Waals surface area (Å²) in [6.45, 7) is 4.18. The van der Waals surface area contributed by atoms with Crippen molar-refractivity contribution in [1.82, 2.24) is 10.2 Å². The molecule has 1 aliphatic rings. The summed E-state index contributed by atoms with van der Waals surface area (Å²) < 4.78 is 0. The molecule has 2 amide bonds. The minimum Gasteiger partial charge on any atom is -0.311 e. The normalized spacial score (nSPS) is 17.8. The van der Waals surface area contributed by atoms with Gasteiger partial charge in [0.05, 0.1) is 5.92 Å². The number of benzene rings is 1. The summed E-state index contributed by atoms with van der Waals surface area (Å²) in [5, 5.41) is 11.7. The smallest absolute Gasteiger partial charge is 0.231 e. The molecule has 2 heterocycles. The summed E-state index contributed by atoms with van der Waals surface area (Å²) in [6.07, 6.45) is 0.220. The molecule has 0 bridgehead atoms. The van der Waals surface area contributed by atoms with Crippen LogP contribution in [0.25, 0.3) is 0 Å². The summed E-state index contributed by atoms with van der Waals surface area (Å²) >= 11 is 1.32. The fraction of sp³-hybridized carbons (Fsp3) is 0.333. The molecule has 6 nitrogen and oxygen atoms in total. The number of aromatic nitrogens is 2. The zero-order chi connectivity index (χ0) is 15.7. The minimum absolute atomic E-state index is 0.0251. The van der Waals surface area contributed by atoms with Gasteiger partial charge in [-0.3, -0.25) is 9.59 Å². The van der Waals surface area contributed by atoms with Crippen LogP contribution >= 0.6 is 11.3 Å². The molecule has 1 aromatic heterocycles. The Balaban J connectivity index is 1.71. The third kappa shape index (κ3) is 2.85. The fourth-order valence-corrected chi connectivity index (χ4v) is 3.13. The van der Waals surface area contributed by atoms with Crippen LogP contribution in [0.1, 0.15) is 17.0 Å². The van der Waals surface area contributed by atoms with Crippen LogP contribution in [0.2, 0.25) is 0 Å². The molecule has 1 fully saturated rings. The van der Waals surface area contributed by atoms with E-state index in [1.807, 2.05) is 38.1 Å². The van der Waals surface area contributed by atoms with Gasteiger partial charge in [0.25, 0.3) is 0 Å². The lowest BCUT2D eigenvalue weighted by Gasteiger charge is -2.18. The topological polar surface area (TPSA) is 75.2 Å². The van der Waals surface area contributed by atoms with E-state index in [-0.39, 0.29) is 24.2 Å². The Kier molecular flexibility index (Phi) is 3.89. The van der Waals surface area contributed by atoms with Gasteiger partial charge in [-0.1, -0.05) is 29.5 Å². The van der Waals surface area contributed by atoms with E-state index in [2.05, 4.69) is 15.5 Å². The van der Waals surface area contributed by atoms with Crippen molar-refractivity contribution in [2.75, 3.05) is 16.8 Å². The highest BCUT2D eigenvalue weighted by molar-refractivity contribution is 7.15. The van der Waals surface area contributed by atoms with Crippen molar-refractivity contribution in [2.45, 2.75) is 20.3 Å². The summed E-state index contributed by atoms with van der Waals surface area (Å²) in [4.78, 5) is 26.2. The lowest BCUT2D eigenvalue weighted by atomic mass is 10.1. The first-order chi connectivity index (χ1) is 10.5. The highest BCUT2D eigenvalue weighted by Crippen LogP contribution is 2.28. The maximum atomic E-state index is 12.3. The van der Waals surface area contributed by atoms with Gasteiger partial charge in [0, 0.05) is 18.7 Å². The van der Waals surface area contributed by atoms with Crippen molar-refractivity contribution in [2.24, 2.45) is 5.92 Å². The fourth-order valence-electron chi connectivity index (χ4n) is 2.54. The summed E-state index contributed by atoms with van der Waals surface area (Å²) in [7, 11) is 0. The second kappa shape index (κ2) is 5.84. The van der Waals surface area contributed by atoms with E-state index in [0.717, 1.165) is 16.3 Å². The van der Waals surface area contributed by atoms with Gasteiger partial charge < -0.3 is 10.2 Å². The van der Waals surface area contributed by atoms with Crippen molar-refractivity contribution >= 4 is 34.0 Å². The van der Waals surface area contributed by atoms with E-state index in [1.54, 1.807) is 4.90 Å². The van der Waals surface area contributed by atoms with Crippen molar-refractivity contribution in [3.8, 4) is 0 Å². The Bertz CT molecular complexity index is 728. The maximum absolute atomic E-state index is 12.3. The average Bonchev–Trinajstić information content (AvgIpc) is 3.06. The first kappa shape index (κ1) is 14.6. The highest BCUT2D eigenvalue weighted by Gasteiger charge is 2.35. The number of nitrogens with zero attached hydrogens (tertiary/aromatic N) is 3. The van der Waals surface area contributed by atoms with Gasteiger partial charge in [-0.05, 0) is 25.5 Å². The standard InChI is InChI=1S/C15H16N4O2S/c1-9-5-3-4-6-12(9)19-8-11(7-13(19)20)14(21)16-15-18-17-10(2)22-15/h3-6,11H,7-8H2,1-2H3,(H,16,18,21)/t11-/m0/s1. The number of aryl methyl sites for hydroxylation is 2. The molecule has 1 aromatic carbocycles. The molecule has 2 aromatic rings. The van der Waals surface area contributed by atoms with Crippen LogP contribution in [0.3, 0.4) is 0 Å². The second-order valence-corrected chi connectivity index (χ2v) is 6.49. The third-order valence-electron chi connectivity index (χ3n) is 3.66. The third-order valence-corrected chi connectivity index (χ3v) is 4.41. The van der Waals surface area contributed by atoms with Crippen molar-refractivity contribution in [3.05, 3.63) is 34.8 Å². The predicted molar refractivity (Wildman–Crippen MR) is 84.9 cm³/mol. The zero-order valence-electron chi connectivity index (χ0n) is 12.4. The first-order valence-corrected chi connectivity index (χ1v) is 7.83. The van der Waals surface area contributed by atoms with E-state index in [1.165, 1.54) is 11.3 Å². The molecule has 1 atom stereocenters. The molecule has 3 rings (SSSR count). The predicted octanol–water partition coefficient (Wildman–Crippen LogP) is 2.15. The Morgan fingerprint density at radius 3 is 2.77 bits per heavy atom. The van der Waals surface area contributed by atoms with Gasteiger partial charge in [0.2, 0.25) is 16.9 Å². The van der Waals surface area contributed by atoms with Gasteiger partial charge in [0.15, 0.2) is 0 Å². The first-order valence-electron chi connectivity index (χ1n) is 7.01. The van der Waals surface area contributed by atoms with Crippen LogP contribution in [-0.4, -0.2) is 28.6 Å².